The van der Waals surface area contributed by atoms with Gasteiger partial charge in [0.15, 0.2) is 0 Å². The number of hydrogen-bond acceptors (Lipinski definition) is 3. The molecule has 19 heavy (non-hydrogen) atoms. The predicted molar refractivity (Wildman–Crippen MR) is 69.0 cm³/mol. The highest BCUT2D eigenvalue weighted by Gasteiger charge is 2.24. The zero-order chi connectivity index (χ0) is 13.8. The fourth-order valence-corrected chi connectivity index (χ4v) is 2.35. The maximum Gasteiger partial charge on any atom is 0.335 e. The summed E-state index contributed by atoms with van der Waals surface area (Å²) in [4.78, 5) is 23.8. The summed E-state index contributed by atoms with van der Waals surface area (Å²) in [7, 11) is 0. The monoisotopic (exact) mass is 263 g/mol. The highest BCUT2D eigenvalue weighted by Crippen LogP contribution is 2.19. The van der Waals surface area contributed by atoms with Crippen LogP contribution in [0.25, 0.3) is 0 Å². The van der Waals surface area contributed by atoms with Gasteiger partial charge < -0.3 is 10.2 Å². The number of aliphatic carboxylic acids is 1. The Labute approximate surface area is 111 Å². The first kappa shape index (κ1) is 13.5. The summed E-state index contributed by atoms with van der Waals surface area (Å²) >= 11 is 0. The molecule has 1 saturated heterocycles. The minimum absolute atomic E-state index is 0.217. The lowest BCUT2D eigenvalue weighted by atomic mass is 9.97. The summed E-state index contributed by atoms with van der Waals surface area (Å²) in [6, 6.07) is 6.82. The minimum atomic E-state index is -0.922. The Hall–Kier alpha value is -1.88. The molecule has 5 nitrogen and oxygen atoms in total. The van der Waals surface area contributed by atoms with Gasteiger partial charge in [0.05, 0.1) is 11.5 Å². The van der Waals surface area contributed by atoms with Gasteiger partial charge in [0, 0.05) is 6.54 Å². The number of aromatic carboxylic acids is 1. The zero-order valence-electron chi connectivity index (χ0n) is 10.6. The van der Waals surface area contributed by atoms with Gasteiger partial charge in [-0.1, -0.05) is 12.1 Å². The van der Waals surface area contributed by atoms with Gasteiger partial charge in [-0.25, -0.2) is 4.79 Å². The van der Waals surface area contributed by atoms with Crippen molar-refractivity contribution < 1.29 is 19.8 Å². The van der Waals surface area contributed by atoms with E-state index in [1.165, 1.54) is 0 Å². The number of hydrogen-bond donors (Lipinski definition) is 2. The molecule has 0 radical (unpaired) electrons. The Morgan fingerprint density at radius 3 is 2.16 bits per heavy atom. The van der Waals surface area contributed by atoms with Crippen molar-refractivity contribution in [1.29, 1.82) is 0 Å². The van der Waals surface area contributed by atoms with E-state index in [1.807, 2.05) is 12.1 Å². The van der Waals surface area contributed by atoms with Crippen LogP contribution in [0.3, 0.4) is 0 Å². The van der Waals surface area contributed by atoms with Crippen LogP contribution < -0.4 is 0 Å². The second kappa shape index (κ2) is 5.84. The first-order valence-electron chi connectivity index (χ1n) is 6.33. The third kappa shape index (κ3) is 3.54. The van der Waals surface area contributed by atoms with Gasteiger partial charge in [0.2, 0.25) is 0 Å². The van der Waals surface area contributed by atoms with Crippen molar-refractivity contribution in [2.75, 3.05) is 13.1 Å². The Kier molecular flexibility index (Phi) is 4.16. The van der Waals surface area contributed by atoms with Crippen LogP contribution in [0.5, 0.6) is 0 Å². The molecule has 0 saturated carbocycles. The molecule has 1 heterocycles. The third-order valence-corrected chi connectivity index (χ3v) is 3.54. The van der Waals surface area contributed by atoms with E-state index in [1.54, 1.807) is 12.1 Å². The summed E-state index contributed by atoms with van der Waals surface area (Å²) in [5.41, 5.74) is 1.34. The Morgan fingerprint density at radius 1 is 1.11 bits per heavy atom. The molecule has 5 heteroatoms. The SMILES string of the molecule is O=C(O)c1ccc(CN2CCC(C(=O)O)CC2)cc1. The van der Waals surface area contributed by atoms with Gasteiger partial charge in [-0.3, -0.25) is 9.69 Å². The second-order valence-electron chi connectivity index (χ2n) is 4.89. The summed E-state index contributed by atoms with van der Waals surface area (Å²) in [6.07, 6.45) is 1.37. The van der Waals surface area contributed by atoms with Crippen LogP contribution in [0.4, 0.5) is 0 Å². The van der Waals surface area contributed by atoms with Crippen molar-refractivity contribution >= 4 is 11.9 Å². The van der Waals surface area contributed by atoms with Gasteiger partial charge >= 0.3 is 11.9 Å². The molecule has 0 atom stereocenters. The van der Waals surface area contributed by atoms with Crippen LogP contribution >= 0.6 is 0 Å². The summed E-state index contributed by atoms with van der Waals surface area (Å²) in [6.45, 7) is 2.29. The van der Waals surface area contributed by atoms with Gasteiger partial charge in [0.25, 0.3) is 0 Å². The molecular weight excluding hydrogens is 246 g/mol. The van der Waals surface area contributed by atoms with Crippen molar-refractivity contribution in [3.05, 3.63) is 35.4 Å². The molecule has 1 aromatic carbocycles. The summed E-state index contributed by atoms with van der Waals surface area (Å²) in [5.74, 6) is -1.84. The minimum Gasteiger partial charge on any atom is -0.481 e. The molecule has 0 aromatic heterocycles. The van der Waals surface area contributed by atoms with Gasteiger partial charge in [-0.05, 0) is 43.6 Å². The number of carboxylic acid groups (broad SMARTS) is 2. The normalized spacial score (nSPS) is 17.3. The quantitative estimate of drug-likeness (QED) is 0.864. The zero-order valence-corrected chi connectivity index (χ0v) is 10.6. The lowest BCUT2D eigenvalue weighted by Gasteiger charge is -2.30. The average molecular weight is 263 g/mol. The summed E-state index contributed by atoms with van der Waals surface area (Å²) in [5, 5.41) is 17.7. The molecule has 0 amide bonds. The van der Waals surface area contributed by atoms with Crippen LogP contribution in [0.15, 0.2) is 24.3 Å². The highest BCUT2D eigenvalue weighted by atomic mass is 16.4. The smallest absolute Gasteiger partial charge is 0.335 e. The van der Waals surface area contributed by atoms with Crippen LogP contribution in [-0.4, -0.2) is 40.1 Å². The lowest BCUT2D eigenvalue weighted by molar-refractivity contribution is -0.143. The van der Waals surface area contributed by atoms with Crippen molar-refractivity contribution in [2.45, 2.75) is 19.4 Å². The maximum absolute atomic E-state index is 10.8. The molecule has 0 spiro atoms. The van der Waals surface area contributed by atoms with Gasteiger partial charge in [0.1, 0.15) is 0 Å². The molecule has 1 aliphatic rings. The topological polar surface area (TPSA) is 77.8 Å². The van der Waals surface area contributed by atoms with Crippen molar-refractivity contribution in [1.82, 2.24) is 4.90 Å². The van der Waals surface area contributed by atoms with E-state index in [9.17, 15) is 9.59 Å². The fourth-order valence-electron chi connectivity index (χ4n) is 2.35. The number of rotatable bonds is 4. The van der Waals surface area contributed by atoms with E-state index in [4.69, 9.17) is 10.2 Å². The first-order chi connectivity index (χ1) is 9.06. The van der Waals surface area contributed by atoms with Crippen LogP contribution in [-0.2, 0) is 11.3 Å². The molecule has 102 valence electrons. The molecule has 1 aliphatic heterocycles. The van der Waals surface area contributed by atoms with E-state index in [0.717, 1.165) is 25.2 Å². The molecule has 0 bridgehead atoms. The van der Waals surface area contributed by atoms with E-state index >= 15 is 0 Å². The molecule has 2 rings (SSSR count). The van der Waals surface area contributed by atoms with Crippen LogP contribution in [0.1, 0.15) is 28.8 Å². The molecule has 0 aliphatic carbocycles. The average Bonchev–Trinajstić information content (AvgIpc) is 2.40. The third-order valence-electron chi connectivity index (χ3n) is 3.54. The van der Waals surface area contributed by atoms with Crippen molar-refractivity contribution in [3.63, 3.8) is 0 Å². The van der Waals surface area contributed by atoms with Gasteiger partial charge in [-0.2, -0.15) is 0 Å². The van der Waals surface area contributed by atoms with E-state index in [0.29, 0.717) is 12.8 Å². The Morgan fingerprint density at radius 2 is 1.68 bits per heavy atom. The fraction of sp³-hybridized carbons (Fsp3) is 0.429. The lowest BCUT2D eigenvalue weighted by Crippen LogP contribution is -2.35. The standard InChI is InChI=1S/C14H17NO4/c16-13(17)11-3-1-10(2-4-11)9-15-7-5-12(6-8-15)14(18)19/h1-4,12H,5-9H2,(H,16,17)(H,18,19). The molecule has 2 N–H and O–H groups in total. The van der Waals surface area contributed by atoms with Crippen LogP contribution in [0.2, 0.25) is 0 Å². The van der Waals surface area contributed by atoms with Crippen molar-refractivity contribution in [3.8, 4) is 0 Å². The number of carboxylic acids is 2. The molecular formula is C14H17NO4. The number of carbonyl (C=O) groups is 2. The number of nitrogens with zero attached hydrogens (tertiary/aromatic N) is 1. The Balaban J connectivity index is 1.88. The first-order valence-corrected chi connectivity index (χ1v) is 6.33. The van der Waals surface area contributed by atoms with Crippen LogP contribution in [0, 0.1) is 5.92 Å². The van der Waals surface area contributed by atoms with E-state index in [-0.39, 0.29) is 11.5 Å². The number of likely N-dealkylation sites (tertiary alicyclic amines) is 1. The highest BCUT2D eigenvalue weighted by molar-refractivity contribution is 5.87. The number of piperidine rings is 1. The number of benzene rings is 1. The maximum atomic E-state index is 10.8. The molecule has 1 fully saturated rings. The molecule has 1 aromatic rings. The van der Waals surface area contributed by atoms with Gasteiger partial charge in [-0.15, -0.1) is 0 Å². The van der Waals surface area contributed by atoms with E-state index < -0.39 is 11.9 Å². The largest absolute Gasteiger partial charge is 0.481 e. The Bertz CT molecular complexity index is 461. The molecule has 0 unspecified atom stereocenters. The second-order valence-corrected chi connectivity index (χ2v) is 4.89. The van der Waals surface area contributed by atoms with E-state index in [2.05, 4.69) is 4.90 Å². The predicted octanol–water partition coefficient (Wildman–Crippen LogP) is 1.68. The summed E-state index contributed by atoms with van der Waals surface area (Å²) < 4.78 is 0. The van der Waals surface area contributed by atoms with Crippen molar-refractivity contribution in [2.24, 2.45) is 5.92 Å².